The molecule has 0 atom stereocenters. The van der Waals surface area contributed by atoms with Gasteiger partial charge in [-0.1, -0.05) is 24.3 Å². The van der Waals surface area contributed by atoms with Gasteiger partial charge >= 0.3 is 13.3 Å². The lowest BCUT2D eigenvalue weighted by molar-refractivity contribution is -0.221. The van der Waals surface area contributed by atoms with Gasteiger partial charge < -0.3 is 0 Å². The Morgan fingerprint density at radius 2 is 1.73 bits per heavy atom. The van der Waals surface area contributed by atoms with E-state index in [0.29, 0.717) is 6.07 Å². The highest BCUT2D eigenvalue weighted by Gasteiger charge is 2.32. The van der Waals surface area contributed by atoms with Crippen molar-refractivity contribution in [3.05, 3.63) is 29.8 Å². The van der Waals surface area contributed by atoms with Gasteiger partial charge in [-0.05, 0) is 5.46 Å². The van der Waals surface area contributed by atoms with Crippen LogP contribution >= 0.6 is 0 Å². The standard InChI is InChI=1S/C7H6BF3O4/c9-7(10,11)5-2-1-3-6(4-5)8(14-12)15-13/h1-4,12-13H. The minimum absolute atomic E-state index is 0.158. The van der Waals surface area contributed by atoms with Crippen molar-refractivity contribution in [2.24, 2.45) is 0 Å². The summed E-state index contributed by atoms with van der Waals surface area (Å²) in [6.45, 7) is 0. The first-order valence-electron chi connectivity index (χ1n) is 3.76. The van der Waals surface area contributed by atoms with Gasteiger partial charge in [0.05, 0.1) is 5.56 Å². The van der Waals surface area contributed by atoms with Crippen LogP contribution in [0.25, 0.3) is 0 Å². The number of halogens is 3. The molecule has 0 radical (unpaired) electrons. The second-order valence-electron chi connectivity index (χ2n) is 2.67. The van der Waals surface area contributed by atoms with Gasteiger partial charge in [0.15, 0.2) is 0 Å². The van der Waals surface area contributed by atoms with Crippen molar-refractivity contribution in [1.29, 1.82) is 0 Å². The zero-order valence-corrected chi connectivity index (χ0v) is 7.23. The largest absolute Gasteiger partial charge is 0.554 e. The number of benzene rings is 1. The Morgan fingerprint density at radius 1 is 1.13 bits per heavy atom. The van der Waals surface area contributed by atoms with Crippen LogP contribution in [-0.2, 0) is 15.8 Å². The summed E-state index contributed by atoms with van der Waals surface area (Å²) in [5, 5.41) is 16.4. The lowest BCUT2D eigenvalue weighted by Crippen LogP contribution is -2.35. The molecule has 8 heteroatoms. The Morgan fingerprint density at radius 3 is 2.20 bits per heavy atom. The molecule has 0 fully saturated rings. The van der Waals surface area contributed by atoms with E-state index in [4.69, 9.17) is 10.5 Å². The fourth-order valence-corrected chi connectivity index (χ4v) is 1.00. The van der Waals surface area contributed by atoms with Gasteiger partial charge in [0.25, 0.3) is 0 Å². The fraction of sp³-hybridized carbons (Fsp3) is 0.143. The van der Waals surface area contributed by atoms with Gasteiger partial charge in [-0.15, -0.1) is 0 Å². The second kappa shape index (κ2) is 4.62. The smallest absolute Gasteiger partial charge is 0.264 e. The third kappa shape index (κ3) is 2.93. The molecule has 0 bridgehead atoms. The van der Waals surface area contributed by atoms with Crippen LogP contribution < -0.4 is 5.46 Å². The minimum Gasteiger partial charge on any atom is -0.264 e. The first-order valence-corrected chi connectivity index (χ1v) is 3.76. The molecule has 0 aliphatic rings. The molecule has 0 amide bonds. The molecule has 1 aromatic rings. The van der Waals surface area contributed by atoms with E-state index < -0.39 is 18.9 Å². The maximum atomic E-state index is 12.2. The molecule has 1 aromatic carbocycles. The Bertz CT molecular complexity index is 326. The van der Waals surface area contributed by atoms with Crippen LogP contribution in [0, 0.1) is 0 Å². The maximum absolute atomic E-state index is 12.2. The van der Waals surface area contributed by atoms with Crippen LogP contribution in [0.2, 0.25) is 0 Å². The molecule has 0 heterocycles. The predicted molar refractivity (Wildman–Crippen MR) is 44.3 cm³/mol. The summed E-state index contributed by atoms with van der Waals surface area (Å²) in [6, 6.07) is 3.84. The van der Waals surface area contributed by atoms with Crippen molar-refractivity contribution in [2.75, 3.05) is 0 Å². The van der Waals surface area contributed by atoms with Gasteiger partial charge in [-0.25, -0.2) is 0 Å². The van der Waals surface area contributed by atoms with E-state index in [9.17, 15) is 13.2 Å². The van der Waals surface area contributed by atoms with Gasteiger partial charge in [0.1, 0.15) is 0 Å². The number of rotatable bonds is 3. The minimum atomic E-state index is -4.51. The second-order valence-corrected chi connectivity index (χ2v) is 2.67. The van der Waals surface area contributed by atoms with Crippen LogP contribution in [0.4, 0.5) is 13.2 Å². The van der Waals surface area contributed by atoms with Crippen LogP contribution in [0.15, 0.2) is 24.3 Å². The number of alkyl halides is 3. The molecule has 82 valence electrons. The highest BCUT2D eigenvalue weighted by molar-refractivity contribution is 6.60. The summed E-state index contributed by atoms with van der Waals surface area (Å²) in [4.78, 5) is 7.23. The third-order valence-electron chi connectivity index (χ3n) is 1.68. The van der Waals surface area contributed by atoms with Crippen molar-refractivity contribution in [3.8, 4) is 0 Å². The molecular weight excluding hydrogens is 216 g/mol. The lowest BCUT2D eigenvalue weighted by Gasteiger charge is -2.09. The summed E-state index contributed by atoms with van der Waals surface area (Å²) in [6.07, 6.45) is -4.51. The molecule has 0 saturated heterocycles. The van der Waals surface area contributed by atoms with Crippen molar-refractivity contribution < 1.29 is 33.3 Å². The highest BCUT2D eigenvalue weighted by atomic mass is 19.4. The van der Waals surface area contributed by atoms with Crippen molar-refractivity contribution in [2.45, 2.75) is 6.18 Å². The number of hydrogen-bond acceptors (Lipinski definition) is 4. The van der Waals surface area contributed by atoms with E-state index in [1.165, 1.54) is 6.07 Å². The van der Waals surface area contributed by atoms with E-state index in [0.717, 1.165) is 12.1 Å². The van der Waals surface area contributed by atoms with Crippen molar-refractivity contribution in [1.82, 2.24) is 0 Å². The van der Waals surface area contributed by atoms with E-state index in [1.54, 1.807) is 0 Å². The van der Waals surface area contributed by atoms with Crippen LogP contribution in [0.1, 0.15) is 5.56 Å². The first kappa shape index (κ1) is 12.0. The molecule has 0 saturated carbocycles. The SMILES string of the molecule is OOB(OO)c1cccc(C(F)(F)F)c1. The topological polar surface area (TPSA) is 58.9 Å². The Kier molecular flexibility index (Phi) is 3.69. The Labute approximate surface area is 82.9 Å². The van der Waals surface area contributed by atoms with Crippen LogP contribution in [0.5, 0.6) is 0 Å². The van der Waals surface area contributed by atoms with E-state index in [1.807, 2.05) is 0 Å². The maximum Gasteiger partial charge on any atom is 0.554 e. The highest BCUT2D eigenvalue weighted by Crippen LogP contribution is 2.28. The van der Waals surface area contributed by atoms with E-state index in [2.05, 4.69) is 9.61 Å². The molecule has 0 aromatic heterocycles. The molecule has 2 N–H and O–H groups in total. The summed E-state index contributed by atoms with van der Waals surface area (Å²) in [7, 11) is -1.66. The molecule has 15 heavy (non-hydrogen) atoms. The van der Waals surface area contributed by atoms with Gasteiger partial charge in [0.2, 0.25) is 0 Å². The lowest BCUT2D eigenvalue weighted by atomic mass is 9.79. The van der Waals surface area contributed by atoms with Crippen LogP contribution in [0.3, 0.4) is 0 Å². The molecule has 0 aliphatic carbocycles. The Balaban J connectivity index is 3.02. The zero-order valence-electron chi connectivity index (χ0n) is 7.23. The monoisotopic (exact) mass is 222 g/mol. The summed E-state index contributed by atoms with van der Waals surface area (Å²) in [5.74, 6) is 0. The molecule has 0 unspecified atom stereocenters. The molecule has 0 spiro atoms. The Hall–Kier alpha value is -1.09. The quantitative estimate of drug-likeness (QED) is 0.460. The zero-order chi connectivity index (χ0) is 11.5. The van der Waals surface area contributed by atoms with Gasteiger partial charge in [-0.3, -0.25) is 20.1 Å². The van der Waals surface area contributed by atoms with Gasteiger partial charge in [0, 0.05) is 0 Å². The molecule has 4 nitrogen and oxygen atoms in total. The summed E-state index contributed by atoms with van der Waals surface area (Å²) < 4.78 is 36.7. The van der Waals surface area contributed by atoms with E-state index >= 15 is 0 Å². The normalized spacial score (nSPS) is 11.5. The van der Waals surface area contributed by atoms with Crippen LogP contribution in [-0.4, -0.2) is 17.6 Å². The molecule has 0 aliphatic heterocycles. The first-order chi connectivity index (χ1) is 6.99. The summed E-state index contributed by atoms with van der Waals surface area (Å²) >= 11 is 0. The van der Waals surface area contributed by atoms with E-state index in [-0.39, 0.29) is 5.46 Å². The third-order valence-corrected chi connectivity index (χ3v) is 1.68. The number of hydrogen-bond donors (Lipinski definition) is 2. The average Bonchev–Trinajstić information content (AvgIpc) is 2.19. The van der Waals surface area contributed by atoms with Crippen molar-refractivity contribution in [3.63, 3.8) is 0 Å². The van der Waals surface area contributed by atoms with Crippen molar-refractivity contribution >= 4 is 12.6 Å². The van der Waals surface area contributed by atoms with Gasteiger partial charge in [-0.2, -0.15) is 13.2 Å². The summed E-state index contributed by atoms with van der Waals surface area (Å²) in [5.41, 5.74) is -1.09. The molecular formula is C7H6BF3O4. The average molecular weight is 222 g/mol. The predicted octanol–water partition coefficient (Wildman–Crippen LogP) is 1.38. The molecule has 1 rings (SSSR count). The fourth-order valence-electron chi connectivity index (χ4n) is 1.00.